The Labute approximate surface area is 230 Å². The summed E-state index contributed by atoms with van der Waals surface area (Å²) in [6, 6.07) is 32.0. The molecule has 38 heavy (non-hydrogen) atoms. The Hall–Kier alpha value is -2.39. The van der Waals surface area contributed by atoms with Crippen LogP contribution in [-0.2, 0) is 9.59 Å². The molecule has 0 aromatic heterocycles. The molecule has 5 heteroatoms. The van der Waals surface area contributed by atoms with Crippen molar-refractivity contribution in [1.29, 1.82) is 0 Å². The Morgan fingerprint density at radius 2 is 1.29 bits per heavy atom. The largest absolute Gasteiger partial charge is 0.384 e. The second-order valence-electron chi connectivity index (χ2n) is 11.1. The minimum atomic E-state index is -2.35. The number of ketones is 1. The number of benzene rings is 3. The van der Waals surface area contributed by atoms with Crippen LogP contribution in [0.25, 0.3) is 0 Å². The van der Waals surface area contributed by atoms with Crippen LogP contribution in [0.1, 0.15) is 45.4 Å². The van der Waals surface area contributed by atoms with E-state index in [0.717, 1.165) is 32.1 Å². The van der Waals surface area contributed by atoms with Gasteiger partial charge >= 0.3 is 0 Å². The first-order valence-corrected chi connectivity index (χ1v) is 16.5. The van der Waals surface area contributed by atoms with Crippen LogP contribution in [0.5, 0.6) is 0 Å². The van der Waals surface area contributed by atoms with Crippen LogP contribution >= 0.6 is 18.6 Å². The molecule has 3 unspecified atom stereocenters. The predicted octanol–water partition coefficient (Wildman–Crippen LogP) is 5.33. The number of hydrogen-bond donors (Lipinski definition) is 1. The molecule has 3 saturated carbocycles. The number of fused-ring (bicyclic) bond motifs is 1. The second kappa shape index (κ2) is 10.3. The zero-order valence-electron chi connectivity index (χ0n) is 21.8. The molecule has 3 aromatic rings. The molecule has 0 saturated heterocycles. The summed E-state index contributed by atoms with van der Waals surface area (Å²) in [7, 11) is 0. The van der Waals surface area contributed by atoms with Crippen LogP contribution in [0.15, 0.2) is 91.0 Å². The zero-order valence-corrected chi connectivity index (χ0v) is 23.5. The number of thioether (sulfide) groups is 1. The van der Waals surface area contributed by atoms with Gasteiger partial charge in [0.25, 0.3) is 0 Å². The minimum absolute atomic E-state index is 0.0446. The highest BCUT2D eigenvalue weighted by molar-refractivity contribution is 8.14. The van der Waals surface area contributed by atoms with E-state index in [1.54, 1.807) is 0 Å². The van der Waals surface area contributed by atoms with E-state index < -0.39 is 23.7 Å². The van der Waals surface area contributed by atoms with Gasteiger partial charge in [-0.25, -0.2) is 0 Å². The van der Waals surface area contributed by atoms with Crippen molar-refractivity contribution in [3.63, 3.8) is 0 Å². The summed E-state index contributed by atoms with van der Waals surface area (Å²) < 4.78 is 0. The number of carbonyl (C=O) groups excluding carboxylic acids is 2. The van der Waals surface area contributed by atoms with Gasteiger partial charge in [0.15, 0.2) is 10.9 Å². The second-order valence-corrected chi connectivity index (χ2v) is 15.8. The lowest BCUT2D eigenvalue weighted by atomic mass is 9.90. The summed E-state index contributed by atoms with van der Waals surface area (Å²) in [5, 5.41) is 16.0. The van der Waals surface area contributed by atoms with Crippen LogP contribution in [0.2, 0.25) is 0 Å². The fourth-order valence-corrected chi connectivity index (χ4v) is 13.8. The Bertz CT molecular complexity index is 1280. The van der Waals surface area contributed by atoms with E-state index in [4.69, 9.17) is 0 Å². The van der Waals surface area contributed by atoms with Gasteiger partial charge in [-0.2, -0.15) is 0 Å². The Kier molecular flexibility index (Phi) is 7.01. The van der Waals surface area contributed by atoms with Gasteiger partial charge in [-0.1, -0.05) is 127 Å². The maximum atomic E-state index is 13.5. The molecular formula is C33H35O3PS. The Balaban J connectivity index is 1.59. The van der Waals surface area contributed by atoms with Crippen molar-refractivity contribution >= 4 is 50.8 Å². The van der Waals surface area contributed by atoms with Crippen molar-refractivity contribution < 1.29 is 14.7 Å². The lowest BCUT2D eigenvalue weighted by Crippen LogP contribution is -2.40. The maximum Gasteiger partial charge on any atom is 0.192 e. The normalized spacial score (nSPS) is 27.1. The highest BCUT2D eigenvalue weighted by Crippen LogP contribution is 2.70. The Morgan fingerprint density at radius 1 is 0.816 bits per heavy atom. The van der Waals surface area contributed by atoms with Gasteiger partial charge in [-0.15, -0.1) is 0 Å². The predicted molar refractivity (Wildman–Crippen MR) is 160 cm³/mol. The molecule has 4 atom stereocenters. The van der Waals surface area contributed by atoms with Crippen molar-refractivity contribution in [2.45, 2.75) is 56.8 Å². The molecule has 3 fully saturated rings. The molecule has 0 aliphatic heterocycles. The van der Waals surface area contributed by atoms with Gasteiger partial charge in [0.2, 0.25) is 0 Å². The number of aliphatic hydroxyl groups excluding tert-OH is 1. The van der Waals surface area contributed by atoms with Crippen molar-refractivity contribution in [1.82, 2.24) is 0 Å². The van der Waals surface area contributed by atoms with E-state index in [1.165, 1.54) is 39.4 Å². The third kappa shape index (κ3) is 3.99. The topological polar surface area (TPSA) is 54.4 Å². The molecular weight excluding hydrogens is 507 g/mol. The van der Waals surface area contributed by atoms with E-state index >= 15 is 0 Å². The van der Waals surface area contributed by atoms with Crippen LogP contribution in [0.3, 0.4) is 0 Å². The maximum absolute atomic E-state index is 13.5. The van der Waals surface area contributed by atoms with E-state index in [9.17, 15) is 14.7 Å². The van der Waals surface area contributed by atoms with Crippen LogP contribution in [-0.4, -0.2) is 32.7 Å². The minimum Gasteiger partial charge on any atom is -0.384 e. The van der Waals surface area contributed by atoms with Gasteiger partial charge in [0, 0.05) is 17.3 Å². The van der Waals surface area contributed by atoms with Crippen molar-refractivity contribution in [2.24, 2.45) is 17.3 Å². The molecule has 3 aliphatic carbocycles. The van der Waals surface area contributed by atoms with Gasteiger partial charge in [0.1, 0.15) is 6.10 Å². The fourth-order valence-electron chi connectivity index (χ4n) is 7.21. The van der Waals surface area contributed by atoms with E-state index in [2.05, 4.69) is 79.7 Å². The molecule has 0 spiro atoms. The monoisotopic (exact) mass is 542 g/mol. The molecule has 3 aliphatic rings. The first-order valence-electron chi connectivity index (χ1n) is 13.8. The molecule has 0 bridgehead atoms. The number of rotatable bonds is 6. The van der Waals surface area contributed by atoms with E-state index in [0.29, 0.717) is 0 Å². The van der Waals surface area contributed by atoms with Gasteiger partial charge in [-0.3, -0.25) is 9.59 Å². The van der Waals surface area contributed by atoms with Gasteiger partial charge < -0.3 is 5.11 Å². The first kappa shape index (κ1) is 25.9. The SMILES string of the molecule is CC([C@@]12CC1C(=O)C(O)C2SC(=O)C1CCCCC1)=P(c1ccccc1)(c1ccccc1)c1ccccc1. The molecule has 0 radical (unpaired) electrons. The molecule has 1 N–H and O–H groups in total. The molecule has 196 valence electrons. The highest BCUT2D eigenvalue weighted by atomic mass is 32.2. The molecule has 3 aromatic carbocycles. The smallest absolute Gasteiger partial charge is 0.192 e. The van der Waals surface area contributed by atoms with Crippen molar-refractivity contribution in [3.8, 4) is 0 Å². The van der Waals surface area contributed by atoms with E-state index in [-0.39, 0.29) is 22.7 Å². The summed E-state index contributed by atoms with van der Waals surface area (Å²) in [6.07, 6.45) is 4.85. The third-order valence-corrected chi connectivity index (χ3v) is 15.4. The van der Waals surface area contributed by atoms with Crippen LogP contribution in [0.4, 0.5) is 0 Å². The summed E-state index contributed by atoms with van der Waals surface area (Å²) in [4.78, 5) is 26.9. The molecule has 3 nitrogen and oxygen atoms in total. The zero-order chi connectivity index (χ0) is 26.3. The van der Waals surface area contributed by atoms with E-state index in [1.807, 2.05) is 18.2 Å². The summed E-state index contributed by atoms with van der Waals surface area (Å²) >= 11 is 1.29. The van der Waals surface area contributed by atoms with Crippen LogP contribution in [0, 0.1) is 17.3 Å². The van der Waals surface area contributed by atoms with Crippen LogP contribution < -0.4 is 15.9 Å². The van der Waals surface area contributed by atoms with Crippen molar-refractivity contribution in [3.05, 3.63) is 91.0 Å². The number of carbonyl (C=O) groups is 2. The summed E-state index contributed by atoms with van der Waals surface area (Å²) in [5.74, 6) is -0.252. The summed E-state index contributed by atoms with van der Waals surface area (Å²) in [5.41, 5.74) is -0.485. The Morgan fingerprint density at radius 3 is 1.76 bits per heavy atom. The number of Topliss-reactive ketones (excluding diaryl/α,β-unsaturated/α-hetero) is 1. The van der Waals surface area contributed by atoms with Crippen molar-refractivity contribution in [2.75, 3.05) is 0 Å². The quantitative estimate of drug-likeness (QED) is 0.428. The molecule has 0 heterocycles. The third-order valence-electron chi connectivity index (χ3n) is 9.22. The first-order chi connectivity index (χ1) is 18.5. The lowest BCUT2D eigenvalue weighted by Gasteiger charge is -2.37. The average molecular weight is 543 g/mol. The lowest BCUT2D eigenvalue weighted by molar-refractivity contribution is -0.126. The highest BCUT2D eigenvalue weighted by Gasteiger charge is 2.73. The average Bonchev–Trinajstić information content (AvgIpc) is 3.70. The summed E-state index contributed by atoms with van der Waals surface area (Å²) in [6.45, 7) is -0.128. The number of hydrogen-bond acceptors (Lipinski definition) is 4. The molecule has 6 rings (SSSR count). The van der Waals surface area contributed by atoms with Gasteiger partial charge in [-0.05, 0) is 49.0 Å². The number of aliphatic hydroxyl groups is 1. The van der Waals surface area contributed by atoms with Gasteiger partial charge in [0.05, 0.1) is 5.25 Å². The fraction of sp³-hybridized carbons (Fsp3) is 0.364. The standard InChI is InChI=1S/C33H35O3PS/c1-23(33-22-28(33)29(34)30(35)31(33)38-32(36)24-14-6-2-7-15-24)37(25-16-8-3-9-17-25,26-18-10-4-11-19-26)27-20-12-5-13-21-27/h3-5,8-13,16-21,24,28,30-31,35H,2,6-7,14-15,22H2,1H3/t28?,30?,31?,33-/m0/s1. The molecule has 0 amide bonds.